The Hall–Kier alpha value is -1.02. The Morgan fingerprint density at radius 1 is 1.29 bits per heavy atom. The third-order valence-corrected chi connectivity index (χ3v) is 3.38. The summed E-state index contributed by atoms with van der Waals surface area (Å²) in [5, 5.41) is 0. The van der Waals surface area contributed by atoms with Crippen LogP contribution in [0.3, 0.4) is 0 Å². The van der Waals surface area contributed by atoms with Crippen LogP contribution >= 0.6 is 11.6 Å². The lowest BCUT2D eigenvalue weighted by Crippen LogP contribution is -2.10. The van der Waals surface area contributed by atoms with Crippen molar-refractivity contribution in [1.29, 1.82) is 0 Å². The van der Waals surface area contributed by atoms with Crippen LogP contribution in [0.1, 0.15) is 26.1 Å². The van der Waals surface area contributed by atoms with E-state index in [0.717, 1.165) is 29.7 Å². The van der Waals surface area contributed by atoms with Crippen molar-refractivity contribution < 1.29 is 0 Å². The molecular formula is C14H19ClN2. The van der Waals surface area contributed by atoms with Crippen molar-refractivity contribution in [3.05, 3.63) is 30.1 Å². The largest absolute Gasteiger partial charge is 0.342 e. The zero-order chi connectivity index (χ0) is 12.3. The average Bonchev–Trinajstić information content (AvgIpc) is 2.69. The number of hydrogen-bond acceptors (Lipinski definition) is 1. The van der Waals surface area contributed by atoms with Crippen LogP contribution in [0, 0.1) is 11.8 Å². The van der Waals surface area contributed by atoms with E-state index < -0.39 is 0 Å². The van der Waals surface area contributed by atoms with Gasteiger partial charge >= 0.3 is 0 Å². The second kappa shape index (κ2) is 5.54. The number of para-hydroxylation sites is 2. The lowest BCUT2D eigenvalue weighted by atomic mass is 9.96. The van der Waals surface area contributed by atoms with Crippen LogP contribution in [0.4, 0.5) is 0 Å². The highest BCUT2D eigenvalue weighted by Crippen LogP contribution is 2.19. The van der Waals surface area contributed by atoms with Gasteiger partial charge in [-0.3, -0.25) is 0 Å². The maximum atomic E-state index is 6.02. The van der Waals surface area contributed by atoms with Gasteiger partial charge < -0.3 is 4.98 Å². The van der Waals surface area contributed by atoms with Crippen molar-refractivity contribution in [2.24, 2.45) is 11.8 Å². The van der Waals surface area contributed by atoms with Crippen LogP contribution in [0.2, 0.25) is 0 Å². The summed E-state index contributed by atoms with van der Waals surface area (Å²) in [6.45, 7) is 4.47. The van der Waals surface area contributed by atoms with Crippen LogP contribution < -0.4 is 0 Å². The summed E-state index contributed by atoms with van der Waals surface area (Å²) in [6, 6.07) is 8.13. The maximum Gasteiger partial charge on any atom is 0.107 e. The predicted octanol–water partition coefficient (Wildman–Crippen LogP) is 4.01. The summed E-state index contributed by atoms with van der Waals surface area (Å²) in [5.41, 5.74) is 2.15. The third kappa shape index (κ3) is 3.22. The van der Waals surface area contributed by atoms with Gasteiger partial charge in [-0.15, -0.1) is 11.6 Å². The van der Waals surface area contributed by atoms with Gasteiger partial charge in [-0.2, -0.15) is 0 Å². The first-order chi connectivity index (χ1) is 8.19. The minimum absolute atomic E-state index is 0.511. The maximum absolute atomic E-state index is 6.02. The molecule has 0 aliphatic rings. The summed E-state index contributed by atoms with van der Waals surface area (Å²) in [4.78, 5) is 7.96. The molecule has 92 valence electrons. The number of H-pyrrole nitrogens is 1. The summed E-state index contributed by atoms with van der Waals surface area (Å²) < 4.78 is 0. The van der Waals surface area contributed by atoms with Crippen LogP contribution in [-0.4, -0.2) is 15.8 Å². The van der Waals surface area contributed by atoms with Gasteiger partial charge in [0.25, 0.3) is 0 Å². The Labute approximate surface area is 107 Å². The molecule has 0 aliphatic carbocycles. The number of halogens is 1. The molecule has 2 rings (SSSR count). The van der Waals surface area contributed by atoms with E-state index in [1.165, 1.54) is 0 Å². The molecule has 2 aromatic rings. The van der Waals surface area contributed by atoms with E-state index in [0.29, 0.717) is 17.7 Å². The Morgan fingerprint density at radius 3 is 2.71 bits per heavy atom. The molecule has 0 unspecified atom stereocenters. The molecular weight excluding hydrogens is 232 g/mol. The number of rotatable bonds is 5. The molecule has 1 N–H and O–H groups in total. The molecule has 1 atom stereocenters. The van der Waals surface area contributed by atoms with Gasteiger partial charge in [-0.1, -0.05) is 26.0 Å². The fourth-order valence-corrected chi connectivity index (χ4v) is 2.48. The first-order valence-electron chi connectivity index (χ1n) is 6.18. The molecule has 2 nitrogen and oxygen atoms in total. The minimum Gasteiger partial charge on any atom is -0.342 e. The highest BCUT2D eigenvalue weighted by Gasteiger charge is 2.13. The molecule has 0 fully saturated rings. The van der Waals surface area contributed by atoms with Gasteiger partial charge in [0.1, 0.15) is 5.82 Å². The number of alkyl halides is 1. The van der Waals surface area contributed by atoms with Crippen LogP contribution in [0.25, 0.3) is 11.0 Å². The van der Waals surface area contributed by atoms with Crippen molar-refractivity contribution in [2.45, 2.75) is 26.7 Å². The number of aromatic amines is 1. The molecule has 0 spiro atoms. The fraction of sp³-hybridized carbons (Fsp3) is 0.500. The molecule has 0 amide bonds. The molecule has 0 saturated heterocycles. The lowest BCUT2D eigenvalue weighted by Gasteiger charge is -2.14. The predicted molar refractivity (Wildman–Crippen MR) is 73.5 cm³/mol. The zero-order valence-corrected chi connectivity index (χ0v) is 11.2. The highest BCUT2D eigenvalue weighted by molar-refractivity contribution is 6.18. The topological polar surface area (TPSA) is 28.7 Å². The summed E-state index contributed by atoms with van der Waals surface area (Å²) in [7, 11) is 0. The Balaban J connectivity index is 2.11. The molecule has 1 aromatic heterocycles. The van der Waals surface area contributed by atoms with Gasteiger partial charge in [0.05, 0.1) is 11.0 Å². The fourth-order valence-electron chi connectivity index (χ4n) is 2.24. The molecule has 0 bridgehead atoms. The Morgan fingerprint density at radius 2 is 2.06 bits per heavy atom. The van der Waals surface area contributed by atoms with Gasteiger partial charge in [0.15, 0.2) is 0 Å². The van der Waals surface area contributed by atoms with Crippen molar-refractivity contribution in [1.82, 2.24) is 9.97 Å². The Bertz CT molecular complexity index is 443. The van der Waals surface area contributed by atoms with Crippen molar-refractivity contribution in [3.8, 4) is 0 Å². The number of nitrogens with one attached hydrogen (secondary N) is 1. The van der Waals surface area contributed by atoms with Gasteiger partial charge in [-0.05, 0) is 30.4 Å². The number of aromatic nitrogens is 2. The van der Waals surface area contributed by atoms with Crippen LogP contribution in [0.5, 0.6) is 0 Å². The van der Waals surface area contributed by atoms with E-state index in [-0.39, 0.29) is 0 Å². The number of benzene rings is 1. The van der Waals surface area contributed by atoms with Crippen LogP contribution in [0.15, 0.2) is 24.3 Å². The first kappa shape index (κ1) is 12.4. The number of nitrogens with zero attached hydrogens (tertiary/aromatic N) is 1. The lowest BCUT2D eigenvalue weighted by molar-refractivity contribution is 0.435. The number of hydrogen-bond donors (Lipinski definition) is 1. The van der Waals surface area contributed by atoms with E-state index in [1.807, 2.05) is 18.2 Å². The van der Waals surface area contributed by atoms with E-state index in [4.69, 9.17) is 11.6 Å². The summed E-state index contributed by atoms with van der Waals surface area (Å²) in [6.07, 6.45) is 2.09. The molecule has 1 aromatic carbocycles. The second-order valence-electron chi connectivity index (χ2n) is 5.05. The van der Waals surface area contributed by atoms with Gasteiger partial charge in [0.2, 0.25) is 0 Å². The quantitative estimate of drug-likeness (QED) is 0.799. The van der Waals surface area contributed by atoms with Gasteiger partial charge in [0, 0.05) is 12.3 Å². The van der Waals surface area contributed by atoms with Crippen molar-refractivity contribution in [2.75, 3.05) is 5.88 Å². The summed E-state index contributed by atoms with van der Waals surface area (Å²) in [5.74, 6) is 2.95. The van der Waals surface area contributed by atoms with E-state index >= 15 is 0 Å². The number of imidazole rings is 1. The normalized spacial score (nSPS) is 13.4. The monoisotopic (exact) mass is 250 g/mol. The third-order valence-electron chi connectivity index (χ3n) is 2.94. The van der Waals surface area contributed by atoms with Crippen molar-refractivity contribution >= 4 is 22.6 Å². The standard InChI is InChI=1S/C14H19ClN2/c1-10(2)7-11(9-15)8-14-16-12-5-3-4-6-13(12)17-14/h3-6,10-11H,7-9H2,1-2H3,(H,16,17)/t11-/m1/s1. The Kier molecular flexibility index (Phi) is 4.06. The van der Waals surface area contributed by atoms with E-state index in [2.05, 4.69) is 29.9 Å². The van der Waals surface area contributed by atoms with E-state index in [1.54, 1.807) is 0 Å². The minimum atomic E-state index is 0.511. The number of fused-ring (bicyclic) bond motifs is 1. The molecule has 0 saturated carbocycles. The SMILES string of the molecule is CC(C)C[C@@H](CCl)Cc1nc2ccccc2[nH]1. The summed E-state index contributed by atoms with van der Waals surface area (Å²) >= 11 is 6.02. The van der Waals surface area contributed by atoms with Crippen molar-refractivity contribution in [3.63, 3.8) is 0 Å². The highest BCUT2D eigenvalue weighted by atomic mass is 35.5. The molecule has 1 heterocycles. The van der Waals surface area contributed by atoms with E-state index in [9.17, 15) is 0 Å². The molecule has 17 heavy (non-hydrogen) atoms. The zero-order valence-electron chi connectivity index (χ0n) is 10.4. The first-order valence-corrected chi connectivity index (χ1v) is 6.72. The molecule has 3 heteroatoms. The average molecular weight is 251 g/mol. The second-order valence-corrected chi connectivity index (χ2v) is 5.36. The van der Waals surface area contributed by atoms with Gasteiger partial charge in [-0.25, -0.2) is 4.98 Å². The van der Waals surface area contributed by atoms with Crippen LogP contribution in [-0.2, 0) is 6.42 Å². The molecule has 0 aliphatic heterocycles. The smallest absolute Gasteiger partial charge is 0.107 e. The molecule has 0 radical (unpaired) electrons.